The number of nitrogens with zero attached hydrogens (tertiary/aromatic N) is 1. The molecule has 190 valence electrons. The summed E-state index contributed by atoms with van der Waals surface area (Å²) >= 11 is 5.88. The van der Waals surface area contributed by atoms with Crippen LogP contribution in [0.3, 0.4) is 0 Å². The Kier molecular flexibility index (Phi) is 9.12. The van der Waals surface area contributed by atoms with Gasteiger partial charge in [-0.1, -0.05) is 35.4 Å². The van der Waals surface area contributed by atoms with Gasteiger partial charge >= 0.3 is 10.1 Å². The van der Waals surface area contributed by atoms with Crippen molar-refractivity contribution < 1.29 is 22.1 Å². The lowest BCUT2D eigenvalue weighted by Gasteiger charge is -2.16. The zero-order valence-corrected chi connectivity index (χ0v) is 21.9. The lowest BCUT2D eigenvalue weighted by molar-refractivity contribution is -0.112. The standard InChI is InChI=1S/C28H25ClN2O5S/c1-4-6-21-15-20(16-22(18-30)28(32)31-24-11-7-19(3)8-12-24)17-26(35-5-2)27(21)36-37(33,34)25-13-9-23(29)10-14-25/h4,7-17H,1,5-6H2,2-3H3,(H,31,32)/b22-16+. The molecule has 3 rings (SSSR count). The van der Waals surface area contributed by atoms with Crippen LogP contribution in [0.4, 0.5) is 5.69 Å². The number of nitriles is 1. The molecule has 0 saturated carbocycles. The highest BCUT2D eigenvalue weighted by Gasteiger charge is 2.23. The van der Waals surface area contributed by atoms with Crippen LogP contribution in [0, 0.1) is 18.3 Å². The van der Waals surface area contributed by atoms with Gasteiger partial charge in [0.25, 0.3) is 5.91 Å². The molecule has 0 aliphatic rings. The number of halogens is 1. The van der Waals surface area contributed by atoms with Crippen molar-refractivity contribution in [2.75, 3.05) is 11.9 Å². The summed E-state index contributed by atoms with van der Waals surface area (Å²) in [6, 6.07) is 17.8. The minimum Gasteiger partial charge on any atom is -0.490 e. The molecule has 3 aromatic rings. The third-order valence-corrected chi connectivity index (χ3v) is 6.59. The van der Waals surface area contributed by atoms with Crippen molar-refractivity contribution in [2.24, 2.45) is 0 Å². The Balaban J connectivity index is 2.01. The van der Waals surface area contributed by atoms with Crippen molar-refractivity contribution in [2.45, 2.75) is 25.2 Å². The number of nitrogens with one attached hydrogen (secondary N) is 1. The molecule has 3 aromatic carbocycles. The van der Waals surface area contributed by atoms with Crippen LogP contribution < -0.4 is 14.2 Å². The number of anilines is 1. The highest BCUT2D eigenvalue weighted by molar-refractivity contribution is 7.87. The van der Waals surface area contributed by atoms with Crippen LogP contribution in [0.2, 0.25) is 5.02 Å². The molecule has 0 fully saturated rings. The first-order valence-electron chi connectivity index (χ1n) is 11.3. The van der Waals surface area contributed by atoms with Gasteiger partial charge in [-0.2, -0.15) is 13.7 Å². The van der Waals surface area contributed by atoms with E-state index in [9.17, 15) is 18.5 Å². The molecule has 0 saturated heterocycles. The summed E-state index contributed by atoms with van der Waals surface area (Å²) in [6.07, 6.45) is 3.22. The minimum absolute atomic E-state index is 0.00327. The maximum Gasteiger partial charge on any atom is 0.339 e. The average Bonchev–Trinajstić information content (AvgIpc) is 2.86. The van der Waals surface area contributed by atoms with E-state index in [4.69, 9.17) is 20.5 Å². The van der Waals surface area contributed by atoms with Crippen molar-refractivity contribution in [1.82, 2.24) is 0 Å². The number of amides is 1. The average molecular weight is 537 g/mol. The van der Waals surface area contributed by atoms with Gasteiger partial charge in [0.05, 0.1) is 6.61 Å². The van der Waals surface area contributed by atoms with Gasteiger partial charge in [-0.05, 0) is 80.4 Å². The number of carbonyl (C=O) groups is 1. The molecular weight excluding hydrogens is 512 g/mol. The second kappa shape index (κ2) is 12.3. The van der Waals surface area contributed by atoms with E-state index in [2.05, 4.69) is 11.9 Å². The van der Waals surface area contributed by atoms with Gasteiger partial charge in [0, 0.05) is 16.3 Å². The highest BCUT2D eigenvalue weighted by atomic mass is 35.5. The van der Waals surface area contributed by atoms with Crippen molar-refractivity contribution in [3.63, 3.8) is 0 Å². The van der Waals surface area contributed by atoms with Gasteiger partial charge in [-0.3, -0.25) is 4.79 Å². The maximum atomic E-state index is 13.0. The summed E-state index contributed by atoms with van der Waals surface area (Å²) in [7, 11) is -4.21. The van der Waals surface area contributed by atoms with Crippen LogP contribution in [0.25, 0.3) is 6.08 Å². The smallest absolute Gasteiger partial charge is 0.339 e. The normalized spacial score (nSPS) is 11.4. The second-order valence-corrected chi connectivity index (χ2v) is 9.90. The largest absolute Gasteiger partial charge is 0.490 e. The third kappa shape index (κ3) is 7.23. The van der Waals surface area contributed by atoms with Crippen LogP contribution >= 0.6 is 11.6 Å². The van der Waals surface area contributed by atoms with E-state index in [0.29, 0.717) is 21.8 Å². The summed E-state index contributed by atoms with van der Waals surface area (Å²) in [6.45, 7) is 7.62. The SMILES string of the molecule is C=CCc1cc(/C=C(\C#N)C(=O)Nc2ccc(C)cc2)cc(OCC)c1OS(=O)(=O)c1ccc(Cl)cc1. The van der Waals surface area contributed by atoms with E-state index >= 15 is 0 Å². The monoisotopic (exact) mass is 536 g/mol. The zero-order valence-electron chi connectivity index (χ0n) is 20.3. The molecule has 0 aliphatic heterocycles. The molecule has 0 unspecified atom stereocenters. The molecule has 0 spiro atoms. The van der Waals surface area contributed by atoms with E-state index in [1.165, 1.54) is 36.4 Å². The van der Waals surface area contributed by atoms with E-state index in [0.717, 1.165) is 5.56 Å². The predicted molar refractivity (Wildman–Crippen MR) is 144 cm³/mol. The molecular formula is C28H25ClN2O5S. The van der Waals surface area contributed by atoms with Gasteiger partial charge in [-0.15, -0.1) is 6.58 Å². The predicted octanol–water partition coefficient (Wildman–Crippen LogP) is 6.09. The number of allylic oxidation sites excluding steroid dienone is 1. The summed E-state index contributed by atoms with van der Waals surface area (Å²) in [5.41, 5.74) is 2.34. The fourth-order valence-electron chi connectivity index (χ4n) is 3.34. The minimum atomic E-state index is -4.21. The molecule has 0 bridgehead atoms. The Bertz CT molecular complexity index is 1470. The van der Waals surface area contributed by atoms with Crippen LogP contribution in [-0.4, -0.2) is 20.9 Å². The molecule has 0 aliphatic carbocycles. The third-order valence-electron chi connectivity index (χ3n) is 5.10. The van der Waals surface area contributed by atoms with Gasteiger partial charge in [0.1, 0.15) is 16.5 Å². The van der Waals surface area contributed by atoms with Gasteiger partial charge in [0.15, 0.2) is 11.5 Å². The van der Waals surface area contributed by atoms with Gasteiger partial charge in [0.2, 0.25) is 0 Å². The Morgan fingerprint density at radius 2 is 1.81 bits per heavy atom. The molecule has 0 radical (unpaired) electrons. The summed E-state index contributed by atoms with van der Waals surface area (Å²) in [5.74, 6) is -0.446. The molecule has 0 aromatic heterocycles. The van der Waals surface area contributed by atoms with E-state index in [1.54, 1.807) is 31.2 Å². The first kappa shape index (κ1) is 27.5. The quantitative estimate of drug-likeness (QED) is 0.145. The molecule has 1 N–H and O–H groups in total. The van der Waals surface area contributed by atoms with E-state index in [1.807, 2.05) is 25.1 Å². The number of benzene rings is 3. The molecule has 1 amide bonds. The summed E-state index contributed by atoms with van der Waals surface area (Å²) < 4.78 is 37.1. The van der Waals surface area contributed by atoms with Crippen molar-refractivity contribution in [1.29, 1.82) is 5.26 Å². The molecule has 7 nitrogen and oxygen atoms in total. The van der Waals surface area contributed by atoms with Gasteiger partial charge < -0.3 is 14.2 Å². The van der Waals surface area contributed by atoms with Crippen LogP contribution in [0.15, 0.2) is 83.8 Å². The fraction of sp³-hybridized carbons (Fsp3) is 0.143. The number of carbonyl (C=O) groups excluding carboxylic acids is 1. The van der Waals surface area contributed by atoms with Gasteiger partial charge in [-0.25, -0.2) is 0 Å². The molecule has 9 heteroatoms. The Morgan fingerprint density at radius 1 is 1.14 bits per heavy atom. The van der Waals surface area contributed by atoms with Crippen LogP contribution in [-0.2, 0) is 21.3 Å². The maximum absolute atomic E-state index is 13.0. The topological polar surface area (TPSA) is 105 Å². The number of hydrogen-bond donors (Lipinski definition) is 1. The summed E-state index contributed by atoms with van der Waals surface area (Å²) in [5, 5.41) is 12.7. The van der Waals surface area contributed by atoms with E-state index < -0.39 is 16.0 Å². The Morgan fingerprint density at radius 3 is 2.41 bits per heavy atom. The zero-order chi connectivity index (χ0) is 27.0. The Labute approximate surface area is 221 Å². The lowest BCUT2D eigenvalue weighted by Crippen LogP contribution is -2.14. The van der Waals surface area contributed by atoms with Crippen molar-refractivity contribution in [3.8, 4) is 17.6 Å². The van der Waals surface area contributed by atoms with Crippen molar-refractivity contribution >= 4 is 39.4 Å². The second-order valence-electron chi connectivity index (χ2n) is 7.91. The number of rotatable bonds is 10. The number of ether oxygens (including phenoxy) is 1. The first-order chi connectivity index (χ1) is 17.7. The number of aryl methyl sites for hydroxylation is 1. The first-order valence-corrected chi connectivity index (χ1v) is 13.1. The molecule has 37 heavy (non-hydrogen) atoms. The molecule has 0 heterocycles. The summed E-state index contributed by atoms with van der Waals surface area (Å²) in [4.78, 5) is 12.7. The van der Waals surface area contributed by atoms with Crippen LogP contribution in [0.1, 0.15) is 23.6 Å². The molecule has 0 atom stereocenters. The van der Waals surface area contributed by atoms with E-state index in [-0.39, 0.29) is 35.0 Å². The lowest BCUT2D eigenvalue weighted by atomic mass is 10.0. The highest BCUT2D eigenvalue weighted by Crippen LogP contribution is 2.37. The van der Waals surface area contributed by atoms with Crippen LogP contribution in [0.5, 0.6) is 11.5 Å². The van der Waals surface area contributed by atoms with Crippen molar-refractivity contribution in [3.05, 3.63) is 101 Å². The Hall–Kier alpha value is -4.06. The number of hydrogen-bond acceptors (Lipinski definition) is 6. The fourth-order valence-corrected chi connectivity index (χ4v) is 4.44.